The van der Waals surface area contributed by atoms with Gasteiger partial charge in [-0.25, -0.2) is 0 Å². The van der Waals surface area contributed by atoms with E-state index in [1.165, 1.54) is 6.07 Å². The molecule has 4 N–H and O–H groups in total. The monoisotopic (exact) mass is 300 g/mol. The SMILES string of the molecule is O=C(Nc1nn[nH]n1)c1cccc(C(=O)Nc2nn[nH]n2)c1. The van der Waals surface area contributed by atoms with E-state index in [-0.39, 0.29) is 23.0 Å². The Kier molecular flexibility index (Phi) is 3.47. The Bertz CT molecular complexity index is 718. The molecule has 12 nitrogen and oxygen atoms in total. The number of carbonyl (C=O) groups is 2. The highest BCUT2D eigenvalue weighted by atomic mass is 16.2. The van der Waals surface area contributed by atoms with Crippen molar-refractivity contribution in [3.05, 3.63) is 35.4 Å². The maximum absolute atomic E-state index is 12.0. The third-order valence-corrected chi connectivity index (χ3v) is 2.53. The number of nitrogens with zero attached hydrogens (tertiary/aromatic N) is 6. The zero-order valence-electron chi connectivity index (χ0n) is 10.8. The van der Waals surface area contributed by atoms with Crippen LogP contribution in [0.1, 0.15) is 20.7 Å². The normalized spacial score (nSPS) is 10.2. The van der Waals surface area contributed by atoms with Crippen molar-refractivity contribution in [3.8, 4) is 0 Å². The zero-order chi connectivity index (χ0) is 15.4. The Morgan fingerprint density at radius 3 is 1.77 bits per heavy atom. The number of aromatic nitrogens is 8. The zero-order valence-corrected chi connectivity index (χ0v) is 10.8. The van der Waals surface area contributed by atoms with Gasteiger partial charge < -0.3 is 0 Å². The first-order valence-corrected chi connectivity index (χ1v) is 5.92. The van der Waals surface area contributed by atoms with E-state index in [0.29, 0.717) is 0 Å². The maximum atomic E-state index is 12.0. The van der Waals surface area contributed by atoms with Gasteiger partial charge in [0.05, 0.1) is 0 Å². The molecule has 0 spiro atoms. The number of hydrogen-bond acceptors (Lipinski definition) is 8. The van der Waals surface area contributed by atoms with E-state index in [0.717, 1.165) is 0 Å². The molecule has 0 unspecified atom stereocenters. The van der Waals surface area contributed by atoms with Crippen molar-refractivity contribution in [2.45, 2.75) is 0 Å². The molecule has 0 radical (unpaired) electrons. The van der Waals surface area contributed by atoms with E-state index in [1.807, 2.05) is 0 Å². The van der Waals surface area contributed by atoms with Crippen LogP contribution in [-0.4, -0.2) is 53.1 Å². The summed E-state index contributed by atoms with van der Waals surface area (Å²) in [6.07, 6.45) is 0. The number of tetrazole rings is 2. The fraction of sp³-hybridized carbons (Fsp3) is 0. The molecule has 0 atom stereocenters. The summed E-state index contributed by atoms with van der Waals surface area (Å²) < 4.78 is 0. The van der Waals surface area contributed by atoms with Crippen LogP contribution >= 0.6 is 0 Å². The number of amides is 2. The molecule has 0 aliphatic carbocycles. The fourth-order valence-electron chi connectivity index (χ4n) is 1.58. The van der Waals surface area contributed by atoms with E-state index in [1.54, 1.807) is 18.2 Å². The molecule has 3 rings (SSSR count). The molecule has 0 fully saturated rings. The van der Waals surface area contributed by atoms with Crippen molar-refractivity contribution in [3.63, 3.8) is 0 Å². The van der Waals surface area contributed by atoms with Crippen molar-refractivity contribution in [2.75, 3.05) is 10.6 Å². The number of benzene rings is 1. The van der Waals surface area contributed by atoms with Crippen LogP contribution in [0.5, 0.6) is 0 Å². The third kappa shape index (κ3) is 2.90. The first-order chi connectivity index (χ1) is 10.7. The summed E-state index contributed by atoms with van der Waals surface area (Å²) in [5.74, 6) is -0.885. The summed E-state index contributed by atoms with van der Waals surface area (Å²) in [4.78, 5) is 24.0. The average molecular weight is 300 g/mol. The Morgan fingerprint density at radius 2 is 1.36 bits per heavy atom. The summed E-state index contributed by atoms with van der Waals surface area (Å²) >= 11 is 0. The van der Waals surface area contributed by atoms with Crippen molar-refractivity contribution in [1.82, 2.24) is 41.2 Å². The molecule has 110 valence electrons. The van der Waals surface area contributed by atoms with Gasteiger partial charge >= 0.3 is 0 Å². The standard InChI is InChI=1S/C10H8N10O2/c21-7(11-9-13-17-18-14-9)5-2-1-3-6(4-5)8(22)12-10-15-19-20-16-10/h1-4H,(H2,11,13,14,17,18,21)(H2,12,15,16,19,20,22). The second-order valence-corrected chi connectivity index (χ2v) is 3.96. The van der Waals surface area contributed by atoms with E-state index >= 15 is 0 Å². The number of rotatable bonds is 4. The van der Waals surface area contributed by atoms with Crippen LogP contribution in [0.2, 0.25) is 0 Å². The second-order valence-electron chi connectivity index (χ2n) is 3.96. The lowest BCUT2D eigenvalue weighted by Gasteiger charge is -2.04. The van der Waals surface area contributed by atoms with Crippen LogP contribution in [0.15, 0.2) is 24.3 Å². The molecular formula is C10H8N10O2. The third-order valence-electron chi connectivity index (χ3n) is 2.53. The summed E-state index contributed by atoms with van der Waals surface area (Å²) in [6.45, 7) is 0. The Hall–Kier alpha value is -3.70. The number of aromatic amines is 2. The molecule has 0 saturated heterocycles. The molecule has 2 heterocycles. The Labute approximate surface area is 121 Å². The van der Waals surface area contributed by atoms with E-state index < -0.39 is 11.8 Å². The van der Waals surface area contributed by atoms with Crippen LogP contribution in [0, 0.1) is 0 Å². The summed E-state index contributed by atoms with van der Waals surface area (Å²) in [6, 6.07) is 6.06. The second kappa shape index (κ2) is 5.74. The van der Waals surface area contributed by atoms with Gasteiger partial charge in [-0.3, -0.25) is 20.2 Å². The van der Waals surface area contributed by atoms with Crippen LogP contribution in [-0.2, 0) is 0 Å². The largest absolute Gasteiger partial charge is 0.288 e. The van der Waals surface area contributed by atoms with Gasteiger partial charge in [0.1, 0.15) is 0 Å². The molecule has 0 aliphatic rings. The molecule has 2 aromatic heterocycles. The molecule has 1 aromatic carbocycles. The summed E-state index contributed by atoms with van der Waals surface area (Å²) in [5.41, 5.74) is 0.510. The van der Waals surface area contributed by atoms with Crippen molar-refractivity contribution in [1.29, 1.82) is 0 Å². The van der Waals surface area contributed by atoms with Crippen LogP contribution in [0.3, 0.4) is 0 Å². The lowest BCUT2D eigenvalue weighted by atomic mass is 10.1. The number of carbonyl (C=O) groups excluding carboxylic acids is 2. The van der Waals surface area contributed by atoms with Crippen LogP contribution in [0.25, 0.3) is 0 Å². The van der Waals surface area contributed by atoms with Gasteiger partial charge in [-0.15, -0.1) is 10.2 Å². The fourth-order valence-corrected chi connectivity index (χ4v) is 1.58. The van der Waals surface area contributed by atoms with Gasteiger partial charge in [-0.1, -0.05) is 16.3 Å². The number of H-pyrrole nitrogens is 2. The first-order valence-electron chi connectivity index (χ1n) is 5.92. The predicted molar refractivity (Wildman–Crippen MR) is 70.7 cm³/mol. The van der Waals surface area contributed by atoms with Gasteiger partial charge in [0.2, 0.25) is 0 Å². The van der Waals surface area contributed by atoms with Gasteiger partial charge in [-0.05, 0) is 28.6 Å². The van der Waals surface area contributed by atoms with Crippen LogP contribution < -0.4 is 10.6 Å². The molecule has 0 aliphatic heterocycles. The molecule has 22 heavy (non-hydrogen) atoms. The van der Waals surface area contributed by atoms with Gasteiger partial charge in [0.15, 0.2) is 0 Å². The minimum absolute atomic E-state index is 0.0339. The first kappa shape index (κ1) is 13.3. The van der Waals surface area contributed by atoms with Crippen molar-refractivity contribution >= 4 is 23.7 Å². The lowest BCUT2D eigenvalue weighted by Crippen LogP contribution is -2.16. The van der Waals surface area contributed by atoms with Gasteiger partial charge in [0.25, 0.3) is 23.7 Å². The topological polar surface area (TPSA) is 167 Å². The molecule has 0 saturated carbocycles. The Balaban J connectivity index is 1.74. The summed E-state index contributed by atoms with van der Waals surface area (Å²) in [5, 5.41) is 30.3. The van der Waals surface area contributed by atoms with Crippen LogP contribution in [0.4, 0.5) is 11.9 Å². The summed E-state index contributed by atoms with van der Waals surface area (Å²) in [7, 11) is 0. The highest BCUT2D eigenvalue weighted by Crippen LogP contribution is 2.09. The molecule has 2 amide bonds. The number of hydrogen-bond donors (Lipinski definition) is 4. The van der Waals surface area contributed by atoms with Gasteiger partial charge in [0, 0.05) is 11.1 Å². The Morgan fingerprint density at radius 1 is 0.864 bits per heavy atom. The van der Waals surface area contributed by atoms with E-state index in [9.17, 15) is 9.59 Å². The molecular weight excluding hydrogens is 292 g/mol. The number of anilines is 2. The minimum Gasteiger partial charge on any atom is -0.288 e. The highest BCUT2D eigenvalue weighted by molar-refractivity contribution is 6.07. The smallest absolute Gasteiger partial charge is 0.270 e. The molecule has 3 aromatic rings. The molecule has 12 heteroatoms. The lowest BCUT2D eigenvalue weighted by molar-refractivity contribution is 0.102. The van der Waals surface area contributed by atoms with Crippen molar-refractivity contribution in [2.24, 2.45) is 0 Å². The predicted octanol–water partition coefficient (Wildman–Crippen LogP) is -0.783. The number of nitrogens with one attached hydrogen (secondary N) is 4. The van der Waals surface area contributed by atoms with Crippen molar-refractivity contribution < 1.29 is 9.59 Å². The van der Waals surface area contributed by atoms with E-state index in [2.05, 4.69) is 51.9 Å². The maximum Gasteiger partial charge on any atom is 0.270 e. The van der Waals surface area contributed by atoms with E-state index in [4.69, 9.17) is 0 Å². The highest BCUT2D eigenvalue weighted by Gasteiger charge is 2.13. The average Bonchev–Trinajstić information content (AvgIpc) is 3.21. The quantitative estimate of drug-likeness (QED) is 0.486. The minimum atomic E-state index is -0.476. The molecule has 0 bridgehead atoms. The van der Waals surface area contributed by atoms with Gasteiger partial charge in [-0.2, -0.15) is 10.4 Å².